The summed E-state index contributed by atoms with van der Waals surface area (Å²) >= 11 is 0. The lowest BCUT2D eigenvalue weighted by Gasteiger charge is -2.13. The SMILES string of the molecule is COc1ccc(C(O)CNCc2cnc3c(cnn3C(C)C)c2)cc1. The second-order valence-corrected chi connectivity index (χ2v) is 6.36. The Bertz CT molecular complexity index is 827. The van der Waals surface area contributed by atoms with Crippen molar-refractivity contribution in [2.45, 2.75) is 32.5 Å². The maximum absolute atomic E-state index is 10.3. The minimum absolute atomic E-state index is 0.286. The van der Waals surface area contributed by atoms with E-state index in [0.717, 1.165) is 27.9 Å². The van der Waals surface area contributed by atoms with E-state index < -0.39 is 6.10 Å². The normalized spacial score (nSPS) is 12.7. The molecule has 0 bridgehead atoms. The molecule has 0 aliphatic carbocycles. The number of aromatic nitrogens is 3. The lowest BCUT2D eigenvalue weighted by molar-refractivity contribution is 0.174. The highest BCUT2D eigenvalue weighted by Crippen LogP contribution is 2.18. The quantitative estimate of drug-likeness (QED) is 0.692. The van der Waals surface area contributed by atoms with Gasteiger partial charge in [-0.1, -0.05) is 12.1 Å². The lowest BCUT2D eigenvalue weighted by Crippen LogP contribution is -2.21. The molecule has 0 amide bonds. The molecular weight excluding hydrogens is 316 g/mol. The highest BCUT2D eigenvalue weighted by atomic mass is 16.5. The van der Waals surface area contributed by atoms with Crippen LogP contribution in [0.2, 0.25) is 0 Å². The molecule has 6 nitrogen and oxygen atoms in total. The number of aliphatic hydroxyl groups excluding tert-OH is 1. The van der Waals surface area contributed by atoms with Gasteiger partial charge in [0, 0.05) is 30.7 Å². The molecular formula is C19H24N4O2. The van der Waals surface area contributed by atoms with E-state index in [9.17, 15) is 5.11 Å². The van der Waals surface area contributed by atoms with Crippen LogP contribution >= 0.6 is 0 Å². The van der Waals surface area contributed by atoms with E-state index in [4.69, 9.17) is 4.74 Å². The first-order valence-electron chi connectivity index (χ1n) is 8.43. The zero-order chi connectivity index (χ0) is 17.8. The van der Waals surface area contributed by atoms with Crippen LogP contribution in [-0.4, -0.2) is 33.5 Å². The summed E-state index contributed by atoms with van der Waals surface area (Å²) in [6.45, 7) is 5.28. The highest BCUT2D eigenvalue weighted by Gasteiger charge is 2.09. The third-order valence-corrected chi connectivity index (χ3v) is 4.15. The van der Waals surface area contributed by atoms with E-state index in [2.05, 4.69) is 35.3 Å². The molecule has 1 atom stereocenters. The molecule has 0 radical (unpaired) electrons. The molecule has 132 valence electrons. The number of fused-ring (bicyclic) bond motifs is 1. The van der Waals surface area contributed by atoms with Gasteiger partial charge in [-0.3, -0.25) is 0 Å². The largest absolute Gasteiger partial charge is 0.497 e. The Labute approximate surface area is 147 Å². The van der Waals surface area contributed by atoms with Gasteiger partial charge in [-0.15, -0.1) is 0 Å². The van der Waals surface area contributed by atoms with Gasteiger partial charge < -0.3 is 15.2 Å². The van der Waals surface area contributed by atoms with Crippen molar-refractivity contribution in [3.05, 3.63) is 53.9 Å². The summed E-state index contributed by atoms with van der Waals surface area (Å²) in [5.41, 5.74) is 2.83. The number of nitrogens with one attached hydrogen (secondary N) is 1. The van der Waals surface area contributed by atoms with Crippen LogP contribution in [0.4, 0.5) is 0 Å². The van der Waals surface area contributed by atoms with Crippen LogP contribution in [0.15, 0.2) is 42.7 Å². The van der Waals surface area contributed by atoms with Crippen LogP contribution in [0, 0.1) is 0 Å². The monoisotopic (exact) mass is 340 g/mol. The van der Waals surface area contributed by atoms with E-state index in [1.54, 1.807) is 7.11 Å². The van der Waals surface area contributed by atoms with Crippen LogP contribution in [0.5, 0.6) is 5.75 Å². The summed E-state index contributed by atoms with van der Waals surface area (Å²) in [4.78, 5) is 4.52. The van der Waals surface area contributed by atoms with Gasteiger partial charge in [0.15, 0.2) is 5.65 Å². The third-order valence-electron chi connectivity index (χ3n) is 4.15. The van der Waals surface area contributed by atoms with Crippen molar-refractivity contribution in [3.63, 3.8) is 0 Å². The average Bonchev–Trinajstić information content (AvgIpc) is 3.05. The second-order valence-electron chi connectivity index (χ2n) is 6.36. The number of pyridine rings is 1. The fourth-order valence-corrected chi connectivity index (χ4v) is 2.76. The molecule has 0 aliphatic rings. The molecule has 0 aliphatic heterocycles. The fraction of sp³-hybridized carbons (Fsp3) is 0.368. The zero-order valence-electron chi connectivity index (χ0n) is 14.8. The summed E-state index contributed by atoms with van der Waals surface area (Å²) in [7, 11) is 1.63. The molecule has 2 heterocycles. The van der Waals surface area contributed by atoms with Crippen LogP contribution in [0.3, 0.4) is 0 Å². The number of benzene rings is 1. The zero-order valence-corrected chi connectivity index (χ0v) is 14.8. The van der Waals surface area contributed by atoms with Crippen LogP contribution in [-0.2, 0) is 6.54 Å². The fourth-order valence-electron chi connectivity index (χ4n) is 2.76. The van der Waals surface area contributed by atoms with E-state index >= 15 is 0 Å². The molecule has 3 rings (SSSR count). The maximum Gasteiger partial charge on any atom is 0.157 e. The first-order valence-corrected chi connectivity index (χ1v) is 8.43. The summed E-state index contributed by atoms with van der Waals surface area (Å²) in [5, 5.41) is 19.0. The minimum Gasteiger partial charge on any atom is -0.497 e. The van der Waals surface area contributed by atoms with Crippen molar-refractivity contribution in [1.82, 2.24) is 20.1 Å². The van der Waals surface area contributed by atoms with Crippen molar-refractivity contribution in [2.24, 2.45) is 0 Å². The van der Waals surface area contributed by atoms with Crippen LogP contribution in [0.25, 0.3) is 11.0 Å². The standard InChI is InChI=1S/C19H24N4O2/c1-13(2)23-19-16(11-22-23)8-14(10-21-19)9-20-12-18(24)15-4-6-17(25-3)7-5-15/h4-8,10-11,13,18,20,24H,9,12H2,1-3H3. The molecule has 0 saturated heterocycles. The Kier molecular flexibility index (Phi) is 5.31. The third kappa shape index (κ3) is 3.97. The molecule has 0 saturated carbocycles. The Morgan fingerprint density at radius 1 is 1.20 bits per heavy atom. The van der Waals surface area contributed by atoms with Crippen molar-refractivity contribution >= 4 is 11.0 Å². The van der Waals surface area contributed by atoms with Gasteiger partial charge in [-0.25, -0.2) is 9.67 Å². The van der Waals surface area contributed by atoms with E-state index in [-0.39, 0.29) is 6.04 Å². The first kappa shape index (κ1) is 17.4. The molecule has 1 aromatic carbocycles. The predicted molar refractivity (Wildman–Crippen MR) is 97.6 cm³/mol. The van der Waals surface area contributed by atoms with Gasteiger partial charge in [0.2, 0.25) is 0 Å². The Morgan fingerprint density at radius 2 is 1.96 bits per heavy atom. The minimum atomic E-state index is -0.564. The highest BCUT2D eigenvalue weighted by molar-refractivity contribution is 5.75. The Balaban J connectivity index is 1.58. The number of rotatable bonds is 7. The van der Waals surface area contributed by atoms with E-state index in [0.29, 0.717) is 13.1 Å². The first-order chi connectivity index (χ1) is 12.1. The lowest BCUT2D eigenvalue weighted by atomic mass is 10.1. The topological polar surface area (TPSA) is 72.2 Å². The van der Waals surface area contributed by atoms with Gasteiger partial charge in [0.05, 0.1) is 19.4 Å². The summed E-state index contributed by atoms with van der Waals surface area (Å²) < 4.78 is 7.05. The van der Waals surface area contributed by atoms with Crippen molar-refractivity contribution < 1.29 is 9.84 Å². The molecule has 2 N–H and O–H groups in total. The Hall–Kier alpha value is -2.44. The molecule has 0 fully saturated rings. The average molecular weight is 340 g/mol. The maximum atomic E-state index is 10.3. The molecule has 6 heteroatoms. The number of ether oxygens (including phenoxy) is 1. The van der Waals surface area contributed by atoms with Gasteiger partial charge in [-0.2, -0.15) is 5.10 Å². The van der Waals surface area contributed by atoms with Crippen LogP contribution < -0.4 is 10.1 Å². The molecule has 25 heavy (non-hydrogen) atoms. The summed E-state index contributed by atoms with van der Waals surface area (Å²) in [5.74, 6) is 0.783. The van der Waals surface area contributed by atoms with Crippen molar-refractivity contribution in [3.8, 4) is 5.75 Å². The number of hydrogen-bond acceptors (Lipinski definition) is 5. The van der Waals surface area contributed by atoms with E-state index in [1.807, 2.05) is 41.3 Å². The molecule has 2 aromatic heterocycles. The van der Waals surface area contributed by atoms with Crippen LogP contribution in [0.1, 0.15) is 37.1 Å². The van der Waals surface area contributed by atoms with Gasteiger partial charge >= 0.3 is 0 Å². The molecule has 3 aromatic rings. The summed E-state index contributed by atoms with van der Waals surface area (Å²) in [6, 6.07) is 9.82. The molecule has 1 unspecified atom stereocenters. The van der Waals surface area contributed by atoms with E-state index in [1.165, 1.54) is 0 Å². The number of nitrogens with zero attached hydrogens (tertiary/aromatic N) is 3. The number of hydrogen-bond donors (Lipinski definition) is 2. The van der Waals surface area contributed by atoms with Crippen molar-refractivity contribution in [2.75, 3.05) is 13.7 Å². The predicted octanol–water partition coefficient (Wildman–Crippen LogP) is 2.84. The van der Waals surface area contributed by atoms with Gasteiger partial charge in [-0.05, 0) is 43.2 Å². The summed E-state index contributed by atoms with van der Waals surface area (Å²) in [6.07, 6.45) is 3.14. The van der Waals surface area contributed by atoms with Gasteiger partial charge in [0.1, 0.15) is 5.75 Å². The molecule has 0 spiro atoms. The number of aliphatic hydroxyl groups is 1. The number of methoxy groups -OCH3 is 1. The smallest absolute Gasteiger partial charge is 0.157 e. The Morgan fingerprint density at radius 3 is 2.64 bits per heavy atom. The van der Waals surface area contributed by atoms with Crippen molar-refractivity contribution in [1.29, 1.82) is 0 Å². The second kappa shape index (κ2) is 7.63. The van der Waals surface area contributed by atoms with Gasteiger partial charge in [0.25, 0.3) is 0 Å².